The number of ether oxygens (including phenoxy) is 1. The molecule has 0 aromatic carbocycles. The van der Waals surface area contributed by atoms with Gasteiger partial charge >= 0.3 is 5.97 Å². The van der Waals surface area contributed by atoms with Gasteiger partial charge in [-0.05, 0) is 31.5 Å². The van der Waals surface area contributed by atoms with Crippen molar-refractivity contribution in [2.45, 2.75) is 20.4 Å². The minimum Gasteiger partial charge on any atom is -0.462 e. The summed E-state index contributed by atoms with van der Waals surface area (Å²) < 4.78 is 6.77. The van der Waals surface area contributed by atoms with E-state index in [2.05, 4.69) is 15.1 Å². The predicted octanol–water partition coefficient (Wildman–Crippen LogP) is 3.01. The average molecular weight is 331 g/mol. The molecule has 0 bridgehead atoms. The van der Waals surface area contributed by atoms with Crippen molar-refractivity contribution in [2.75, 3.05) is 6.61 Å². The maximum Gasteiger partial charge on any atom is 0.341 e. The molecule has 0 amide bonds. The van der Waals surface area contributed by atoms with E-state index in [1.165, 1.54) is 6.20 Å². The lowest BCUT2D eigenvalue weighted by Crippen LogP contribution is -2.07. The van der Waals surface area contributed by atoms with Crippen LogP contribution in [0.2, 0.25) is 5.02 Å². The van der Waals surface area contributed by atoms with Crippen LogP contribution in [0.4, 0.5) is 0 Å². The van der Waals surface area contributed by atoms with Crippen LogP contribution in [0.25, 0.3) is 11.0 Å². The molecule has 3 rings (SSSR count). The molecule has 6 nitrogen and oxygen atoms in total. The number of aromatic nitrogens is 4. The standard InChI is InChI=1S/C16H15ClN4O2/c1-3-23-16(22)12-8-19-15-13(14(12)17)10(2)20-21(15)9-11-4-6-18-7-5-11/h4-8H,3,9H2,1-2H3. The van der Waals surface area contributed by atoms with E-state index in [0.29, 0.717) is 22.6 Å². The molecule has 0 aliphatic heterocycles. The molecule has 3 heterocycles. The number of aryl methyl sites for hydroxylation is 1. The van der Waals surface area contributed by atoms with E-state index < -0.39 is 5.97 Å². The van der Waals surface area contributed by atoms with Crippen LogP contribution in [0.15, 0.2) is 30.7 Å². The Morgan fingerprint density at radius 3 is 2.78 bits per heavy atom. The number of pyridine rings is 2. The van der Waals surface area contributed by atoms with E-state index in [4.69, 9.17) is 16.3 Å². The van der Waals surface area contributed by atoms with E-state index in [-0.39, 0.29) is 12.2 Å². The molecule has 3 aromatic rings. The van der Waals surface area contributed by atoms with Crippen LogP contribution in [0.3, 0.4) is 0 Å². The SMILES string of the molecule is CCOC(=O)c1cnc2c(c(C)nn2Cc2ccncc2)c1Cl. The highest BCUT2D eigenvalue weighted by atomic mass is 35.5. The topological polar surface area (TPSA) is 69.9 Å². The summed E-state index contributed by atoms with van der Waals surface area (Å²) in [6, 6.07) is 3.83. The van der Waals surface area contributed by atoms with Crippen molar-refractivity contribution in [3.05, 3.63) is 52.6 Å². The molecular weight excluding hydrogens is 316 g/mol. The summed E-state index contributed by atoms with van der Waals surface area (Å²) >= 11 is 6.39. The largest absolute Gasteiger partial charge is 0.462 e. The van der Waals surface area contributed by atoms with E-state index in [9.17, 15) is 4.79 Å². The first-order valence-corrected chi connectivity index (χ1v) is 7.57. The van der Waals surface area contributed by atoms with Crippen molar-refractivity contribution in [1.82, 2.24) is 19.7 Å². The predicted molar refractivity (Wildman–Crippen MR) is 86.6 cm³/mol. The molecule has 0 radical (unpaired) electrons. The fraction of sp³-hybridized carbons (Fsp3) is 0.250. The zero-order chi connectivity index (χ0) is 16.4. The maximum absolute atomic E-state index is 11.9. The van der Waals surface area contributed by atoms with Gasteiger partial charge in [-0.1, -0.05) is 11.6 Å². The number of esters is 1. The maximum atomic E-state index is 11.9. The van der Waals surface area contributed by atoms with E-state index in [1.807, 2.05) is 19.1 Å². The van der Waals surface area contributed by atoms with Crippen LogP contribution in [0, 0.1) is 6.92 Å². The molecule has 0 aliphatic rings. The number of rotatable bonds is 4. The lowest BCUT2D eigenvalue weighted by Gasteiger charge is -2.06. The average Bonchev–Trinajstić information content (AvgIpc) is 2.85. The molecule has 0 aliphatic carbocycles. The van der Waals surface area contributed by atoms with E-state index >= 15 is 0 Å². The number of hydrogen-bond acceptors (Lipinski definition) is 5. The third-order valence-electron chi connectivity index (χ3n) is 3.45. The number of carbonyl (C=O) groups excluding carboxylic acids is 1. The van der Waals surface area contributed by atoms with Gasteiger partial charge in [-0.2, -0.15) is 5.10 Å². The highest BCUT2D eigenvalue weighted by Gasteiger charge is 2.20. The number of fused-ring (bicyclic) bond motifs is 1. The van der Waals surface area contributed by atoms with Crippen LogP contribution in [-0.2, 0) is 11.3 Å². The molecular formula is C16H15ClN4O2. The van der Waals surface area contributed by atoms with Crippen LogP contribution < -0.4 is 0 Å². The van der Waals surface area contributed by atoms with Crippen LogP contribution >= 0.6 is 11.6 Å². The molecule has 0 fully saturated rings. The summed E-state index contributed by atoms with van der Waals surface area (Å²) in [6.07, 6.45) is 4.90. The highest BCUT2D eigenvalue weighted by molar-refractivity contribution is 6.38. The first kappa shape index (κ1) is 15.4. The van der Waals surface area contributed by atoms with Gasteiger partial charge < -0.3 is 4.74 Å². The Hall–Kier alpha value is -2.47. The van der Waals surface area contributed by atoms with Crippen LogP contribution in [0.1, 0.15) is 28.5 Å². The van der Waals surface area contributed by atoms with Gasteiger partial charge in [0.1, 0.15) is 0 Å². The smallest absolute Gasteiger partial charge is 0.341 e. The summed E-state index contributed by atoms with van der Waals surface area (Å²) in [7, 11) is 0. The second-order valence-electron chi connectivity index (χ2n) is 5.00. The van der Waals surface area contributed by atoms with Gasteiger partial charge in [0.2, 0.25) is 0 Å². The number of halogens is 1. The Labute approximate surface area is 138 Å². The summed E-state index contributed by atoms with van der Waals surface area (Å²) in [4.78, 5) is 20.3. The van der Waals surface area contributed by atoms with Gasteiger partial charge in [0.25, 0.3) is 0 Å². The molecule has 0 saturated carbocycles. The summed E-state index contributed by atoms with van der Waals surface area (Å²) in [5.74, 6) is -0.479. The van der Waals surface area contributed by atoms with Crippen molar-refractivity contribution in [3.63, 3.8) is 0 Å². The van der Waals surface area contributed by atoms with Gasteiger partial charge in [-0.15, -0.1) is 0 Å². The first-order valence-electron chi connectivity index (χ1n) is 7.19. The van der Waals surface area contributed by atoms with E-state index in [0.717, 1.165) is 11.3 Å². The first-order chi connectivity index (χ1) is 11.1. The molecule has 0 N–H and O–H groups in total. The second kappa shape index (κ2) is 6.34. The second-order valence-corrected chi connectivity index (χ2v) is 5.38. The Kier molecular flexibility index (Phi) is 4.25. The van der Waals surface area contributed by atoms with Gasteiger partial charge in [-0.3, -0.25) is 4.98 Å². The van der Waals surface area contributed by atoms with Crippen molar-refractivity contribution >= 4 is 28.6 Å². The van der Waals surface area contributed by atoms with Gasteiger partial charge in [0.05, 0.1) is 34.8 Å². The molecule has 7 heteroatoms. The van der Waals surface area contributed by atoms with Crippen molar-refractivity contribution < 1.29 is 9.53 Å². The quantitative estimate of drug-likeness (QED) is 0.688. The molecule has 0 atom stereocenters. The summed E-state index contributed by atoms with van der Waals surface area (Å²) in [6.45, 7) is 4.42. The molecule has 23 heavy (non-hydrogen) atoms. The molecule has 118 valence electrons. The fourth-order valence-electron chi connectivity index (χ4n) is 2.40. The zero-order valence-electron chi connectivity index (χ0n) is 12.8. The third kappa shape index (κ3) is 2.90. The normalized spacial score (nSPS) is 10.9. The van der Waals surface area contributed by atoms with Crippen molar-refractivity contribution in [3.8, 4) is 0 Å². The lowest BCUT2D eigenvalue weighted by atomic mass is 10.2. The van der Waals surface area contributed by atoms with Gasteiger partial charge in [-0.25, -0.2) is 14.5 Å². The fourth-order valence-corrected chi connectivity index (χ4v) is 2.74. The Bertz CT molecular complexity index is 861. The minimum atomic E-state index is -0.479. The Morgan fingerprint density at radius 1 is 1.35 bits per heavy atom. The monoisotopic (exact) mass is 330 g/mol. The van der Waals surface area contributed by atoms with Gasteiger partial charge in [0, 0.05) is 18.6 Å². The Morgan fingerprint density at radius 2 is 2.09 bits per heavy atom. The van der Waals surface area contributed by atoms with Crippen LogP contribution in [-0.4, -0.2) is 32.3 Å². The molecule has 0 saturated heterocycles. The zero-order valence-corrected chi connectivity index (χ0v) is 13.5. The third-order valence-corrected chi connectivity index (χ3v) is 3.84. The van der Waals surface area contributed by atoms with Crippen molar-refractivity contribution in [2.24, 2.45) is 0 Å². The summed E-state index contributed by atoms with van der Waals surface area (Å²) in [5, 5.41) is 5.49. The van der Waals surface area contributed by atoms with Crippen molar-refractivity contribution in [1.29, 1.82) is 0 Å². The van der Waals surface area contributed by atoms with Gasteiger partial charge in [0.15, 0.2) is 5.65 Å². The lowest BCUT2D eigenvalue weighted by molar-refractivity contribution is 0.0526. The number of nitrogens with zero attached hydrogens (tertiary/aromatic N) is 4. The minimum absolute atomic E-state index is 0.257. The van der Waals surface area contributed by atoms with E-state index in [1.54, 1.807) is 24.0 Å². The molecule has 0 spiro atoms. The molecule has 3 aromatic heterocycles. The highest BCUT2D eigenvalue weighted by Crippen LogP contribution is 2.29. The van der Waals surface area contributed by atoms with Crippen LogP contribution in [0.5, 0.6) is 0 Å². The Balaban J connectivity index is 2.06. The number of carbonyl (C=O) groups is 1. The number of hydrogen-bond donors (Lipinski definition) is 0. The molecule has 0 unspecified atom stereocenters. The summed E-state index contributed by atoms with van der Waals surface area (Å²) in [5.41, 5.74) is 2.67.